The summed E-state index contributed by atoms with van der Waals surface area (Å²) in [6.07, 6.45) is 3.34. The van der Waals surface area contributed by atoms with Crippen molar-refractivity contribution in [3.63, 3.8) is 0 Å². The molecule has 130 valence electrons. The Hall–Kier alpha value is -3.04. The highest BCUT2D eigenvalue weighted by atomic mass is 32.2. The third-order valence-electron chi connectivity index (χ3n) is 4.01. The van der Waals surface area contributed by atoms with Crippen LogP contribution in [0.3, 0.4) is 0 Å². The molecule has 2 aromatic rings. The average molecular weight is 368 g/mol. The van der Waals surface area contributed by atoms with E-state index in [4.69, 9.17) is 5.14 Å². The van der Waals surface area contributed by atoms with Crippen molar-refractivity contribution in [1.29, 1.82) is 0 Å². The molecule has 1 heterocycles. The van der Waals surface area contributed by atoms with Crippen molar-refractivity contribution < 1.29 is 18.1 Å². The number of hydrogen-bond acceptors (Lipinski definition) is 5. The minimum atomic E-state index is -4.01. The summed E-state index contributed by atoms with van der Waals surface area (Å²) in [5.74, 6) is 1.36. The molecule has 1 aliphatic rings. The Balaban J connectivity index is 2.14. The molecule has 0 spiro atoms. The van der Waals surface area contributed by atoms with Crippen molar-refractivity contribution in [2.45, 2.75) is 4.90 Å². The summed E-state index contributed by atoms with van der Waals surface area (Å²) in [4.78, 5) is 23.2. The minimum absolute atomic E-state index is 0.0400. The van der Waals surface area contributed by atoms with Gasteiger partial charge in [-0.05, 0) is 23.2 Å². The molecular formula is C17H13BN2O5S. The van der Waals surface area contributed by atoms with E-state index in [1.807, 2.05) is 0 Å². The van der Waals surface area contributed by atoms with Gasteiger partial charge in [-0.25, -0.2) is 13.6 Å². The van der Waals surface area contributed by atoms with Gasteiger partial charge in [0, 0.05) is 11.6 Å². The van der Waals surface area contributed by atoms with Crippen molar-refractivity contribution in [3.8, 4) is 11.1 Å². The monoisotopic (exact) mass is 368 g/mol. The zero-order valence-corrected chi connectivity index (χ0v) is 14.3. The Kier molecular flexibility index (Phi) is 4.58. The molecule has 9 heteroatoms. The molecule has 2 aromatic carbocycles. The molecule has 0 unspecified atom stereocenters. The van der Waals surface area contributed by atoms with Gasteiger partial charge in [-0.1, -0.05) is 36.4 Å². The molecule has 0 atom stereocenters. The molecule has 0 amide bonds. The van der Waals surface area contributed by atoms with E-state index in [0.29, 0.717) is 12.8 Å². The summed E-state index contributed by atoms with van der Waals surface area (Å²) in [6.45, 7) is 0. The fraction of sp³-hybridized carbons (Fsp3) is 0. The second kappa shape index (κ2) is 6.70. The Morgan fingerprint density at radius 2 is 1.88 bits per heavy atom. The molecule has 26 heavy (non-hydrogen) atoms. The van der Waals surface area contributed by atoms with E-state index < -0.39 is 20.7 Å². The highest BCUT2D eigenvalue weighted by Gasteiger charge is 2.25. The minimum Gasteiger partial charge on any atom is -0.290 e. The van der Waals surface area contributed by atoms with Gasteiger partial charge in [-0.2, -0.15) is 0 Å². The third-order valence-corrected chi connectivity index (χ3v) is 4.98. The molecule has 0 aromatic heterocycles. The lowest BCUT2D eigenvalue weighted by Gasteiger charge is -2.09. The number of carbonyl (C=O) groups excluding carboxylic acids is 1. The SMILES string of the molecule is NS(=O)(=O)c1ccccc1-c1ccc(C(=O)C2=CC=CB2)c([N+](=O)[O-])c1. The lowest BCUT2D eigenvalue weighted by Crippen LogP contribution is -2.13. The van der Waals surface area contributed by atoms with E-state index >= 15 is 0 Å². The molecular weight excluding hydrogens is 355 g/mol. The van der Waals surface area contributed by atoms with Crippen LogP contribution in [-0.2, 0) is 10.0 Å². The van der Waals surface area contributed by atoms with Crippen molar-refractivity contribution in [3.05, 3.63) is 81.7 Å². The second-order valence-electron chi connectivity index (χ2n) is 5.68. The fourth-order valence-corrected chi connectivity index (χ4v) is 3.54. The topological polar surface area (TPSA) is 120 Å². The van der Waals surface area contributed by atoms with Crippen LogP contribution in [0, 0.1) is 10.1 Å². The quantitative estimate of drug-likeness (QED) is 0.374. The zero-order valence-electron chi connectivity index (χ0n) is 13.5. The third kappa shape index (κ3) is 3.35. The molecule has 0 saturated heterocycles. The van der Waals surface area contributed by atoms with E-state index in [9.17, 15) is 23.3 Å². The summed E-state index contributed by atoms with van der Waals surface area (Å²) in [6, 6.07) is 9.95. The number of sulfonamides is 1. The Labute approximate surface area is 150 Å². The first-order chi connectivity index (χ1) is 12.3. The van der Waals surface area contributed by atoms with Gasteiger partial charge in [0.1, 0.15) is 0 Å². The van der Waals surface area contributed by atoms with Crippen molar-refractivity contribution in [2.75, 3.05) is 0 Å². The number of benzene rings is 2. The van der Waals surface area contributed by atoms with Gasteiger partial charge < -0.3 is 0 Å². The maximum Gasteiger partial charge on any atom is 0.281 e. The van der Waals surface area contributed by atoms with Gasteiger partial charge in [0.15, 0.2) is 13.1 Å². The number of allylic oxidation sites excluding steroid dienone is 3. The second-order valence-corrected chi connectivity index (χ2v) is 7.21. The molecule has 0 radical (unpaired) electrons. The Morgan fingerprint density at radius 3 is 2.50 bits per heavy atom. The normalized spacial score (nSPS) is 13.2. The first kappa shape index (κ1) is 17.8. The number of nitro benzene ring substituents is 1. The standard InChI is InChI=1S/C17H13BN2O5S/c19-26(24,25)16-6-2-1-4-12(16)11-7-8-13(15(10-11)20(22)23)17(21)14-5-3-9-18-14/h1-10,18H,(H2,19,24,25). The van der Waals surface area contributed by atoms with E-state index in [1.54, 1.807) is 24.2 Å². The van der Waals surface area contributed by atoms with E-state index in [0.717, 1.165) is 0 Å². The van der Waals surface area contributed by atoms with Crippen LogP contribution in [0.5, 0.6) is 0 Å². The van der Waals surface area contributed by atoms with Crippen LogP contribution in [0.25, 0.3) is 11.1 Å². The number of carbonyl (C=O) groups is 1. The first-order valence-corrected chi connectivity index (χ1v) is 9.14. The number of Topliss-reactive ketones (excluding diaryl/α,β-unsaturated/α-hetero) is 1. The van der Waals surface area contributed by atoms with Gasteiger partial charge in [0.05, 0.1) is 15.4 Å². The number of primary sulfonamides is 1. The van der Waals surface area contributed by atoms with Crippen LogP contribution >= 0.6 is 0 Å². The summed E-state index contributed by atoms with van der Waals surface area (Å²) in [7, 11) is -3.59. The molecule has 3 rings (SSSR count). The average Bonchev–Trinajstić information content (AvgIpc) is 3.14. The summed E-state index contributed by atoms with van der Waals surface area (Å²) >= 11 is 0. The van der Waals surface area contributed by atoms with Crippen LogP contribution in [0.1, 0.15) is 10.4 Å². The molecule has 0 bridgehead atoms. The van der Waals surface area contributed by atoms with Gasteiger partial charge in [0.25, 0.3) is 5.69 Å². The van der Waals surface area contributed by atoms with Gasteiger partial charge in [-0.15, -0.1) is 5.98 Å². The molecule has 2 N–H and O–H groups in total. The molecule has 0 aliphatic carbocycles. The van der Waals surface area contributed by atoms with E-state index in [1.165, 1.54) is 36.4 Å². The zero-order chi connectivity index (χ0) is 18.9. The lowest BCUT2D eigenvalue weighted by atomic mass is 9.70. The molecule has 0 saturated carbocycles. The van der Waals surface area contributed by atoms with Crippen LogP contribution in [0.15, 0.2) is 71.0 Å². The predicted molar refractivity (Wildman–Crippen MR) is 98.6 cm³/mol. The maximum atomic E-state index is 12.5. The van der Waals surface area contributed by atoms with Crippen molar-refractivity contribution in [2.24, 2.45) is 5.14 Å². The molecule has 0 fully saturated rings. The van der Waals surface area contributed by atoms with Gasteiger partial charge in [0.2, 0.25) is 10.0 Å². The number of nitro groups is 1. The number of nitrogens with two attached hydrogens (primary N) is 1. The highest BCUT2D eigenvalue weighted by molar-refractivity contribution is 7.89. The van der Waals surface area contributed by atoms with Crippen LogP contribution < -0.4 is 5.14 Å². The number of ketones is 1. The van der Waals surface area contributed by atoms with E-state index in [-0.39, 0.29) is 27.3 Å². The number of rotatable bonds is 5. The largest absolute Gasteiger partial charge is 0.290 e. The first-order valence-electron chi connectivity index (χ1n) is 7.60. The van der Waals surface area contributed by atoms with Crippen molar-refractivity contribution >= 4 is 28.8 Å². The smallest absolute Gasteiger partial charge is 0.281 e. The van der Waals surface area contributed by atoms with Gasteiger partial charge >= 0.3 is 0 Å². The Morgan fingerprint density at radius 1 is 1.15 bits per heavy atom. The number of hydrogen-bond donors (Lipinski definition) is 1. The summed E-state index contributed by atoms with van der Waals surface area (Å²) in [5.41, 5.74) is 0.562. The van der Waals surface area contributed by atoms with Crippen molar-refractivity contribution in [1.82, 2.24) is 0 Å². The molecule has 7 nitrogen and oxygen atoms in total. The highest BCUT2D eigenvalue weighted by Crippen LogP contribution is 2.32. The predicted octanol–water partition coefficient (Wildman–Crippen LogP) is 1.94. The summed E-state index contributed by atoms with van der Waals surface area (Å²) < 4.78 is 23.5. The fourth-order valence-electron chi connectivity index (χ4n) is 2.78. The molecule has 1 aliphatic heterocycles. The van der Waals surface area contributed by atoms with E-state index in [2.05, 4.69) is 0 Å². The van der Waals surface area contributed by atoms with Crippen LogP contribution in [0.2, 0.25) is 0 Å². The van der Waals surface area contributed by atoms with Crippen LogP contribution in [-0.4, -0.2) is 26.4 Å². The Bertz CT molecular complexity index is 1090. The summed E-state index contributed by atoms with van der Waals surface area (Å²) in [5, 5.41) is 16.7. The van der Waals surface area contributed by atoms with Crippen LogP contribution in [0.4, 0.5) is 5.69 Å². The lowest BCUT2D eigenvalue weighted by molar-refractivity contribution is -0.385. The number of nitrogens with zero attached hydrogens (tertiary/aromatic N) is 1. The van der Waals surface area contributed by atoms with Gasteiger partial charge in [-0.3, -0.25) is 14.9 Å². The maximum absolute atomic E-state index is 12.5.